The number of halogens is 2. The van der Waals surface area contributed by atoms with Crippen molar-refractivity contribution in [3.05, 3.63) is 57.0 Å². The van der Waals surface area contributed by atoms with Gasteiger partial charge < -0.3 is 5.11 Å². The highest BCUT2D eigenvalue weighted by molar-refractivity contribution is 9.10. The van der Waals surface area contributed by atoms with Crippen LogP contribution in [0, 0.1) is 6.92 Å². The van der Waals surface area contributed by atoms with Crippen molar-refractivity contribution in [1.29, 1.82) is 0 Å². The fourth-order valence-corrected chi connectivity index (χ4v) is 3.46. The van der Waals surface area contributed by atoms with Gasteiger partial charge in [0, 0.05) is 9.50 Å². The molecule has 112 valence electrons. The van der Waals surface area contributed by atoms with Gasteiger partial charge in [0.05, 0.1) is 17.2 Å². The van der Waals surface area contributed by atoms with E-state index in [0.29, 0.717) is 16.3 Å². The predicted molar refractivity (Wildman–Crippen MR) is 87.1 cm³/mol. The highest BCUT2D eigenvalue weighted by atomic mass is 79.9. The second kappa shape index (κ2) is 6.36. The van der Waals surface area contributed by atoms with Gasteiger partial charge in [-0.25, -0.2) is 8.42 Å². The first kappa shape index (κ1) is 16.3. The van der Waals surface area contributed by atoms with Crippen molar-refractivity contribution in [2.24, 2.45) is 0 Å². The van der Waals surface area contributed by atoms with Crippen LogP contribution in [0.25, 0.3) is 0 Å². The number of hydrogen-bond donors (Lipinski definition) is 2. The second-order valence-corrected chi connectivity index (χ2v) is 7.48. The van der Waals surface area contributed by atoms with E-state index in [-0.39, 0.29) is 11.5 Å². The number of sulfonamides is 1. The Balaban J connectivity index is 2.41. The molecule has 0 saturated heterocycles. The van der Waals surface area contributed by atoms with Gasteiger partial charge in [-0.1, -0.05) is 33.6 Å². The maximum Gasteiger partial charge on any atom is 0.261 e. The SMILES string of the molecule is Cc1ccc(Br)cc1NS(=O)(=O)c1ccc(Cl)c(CO)c1. The van der Waals surface area contributed by atoms with Crippen molar-refractivity contribution < 1.29 is 13.5 Å². The van der Waals surface area contributed by atoms with E-state index in [0.717, 1.165) is 10.0 Å². The molecule has 2 rings (SSSR count). The highest BCUT2D eigenvalue weighted by Crippen LogP contribution is 2.25. The van der Waals surface area contributed by atoms with Gasteiger partial charge >= 0.3 is 0 Å². The van der Waals surface area contributed by atoms with Gasteiger partial charge in [0.1, 0.15) is 0 Å². The van der Waals surface area contributed by atoms with E-state index in [2.05, 4.69) is 20.7 Å². The molecule has 0 saturated carbocycles. The van der Waals surface area contributed by atoms with Crippen molar-refractivity contribution in [3.63, 3.8) is 0 Å². The molecule has 0 aliphatic heterocycles. The third kappa shape index (κ3) is 3.77. The zero-order chi connectivity index (χ0) is 15.6. The van der Waals surface area contributed by atoms with E-state index >= 15 is 0 Å². The zero-order valence-corrected chi connectivity index (χ0v) is 14.3. The van der Waals surface area contributed by atoms with Gasteiger partial charge in [0.25, 0.3) is 10.0 Å². The Morgan fingerprint density at radius 3 is 2.62 bits per heavy atom. The summed E-state index contributed by atoms with van der Waals surface area (Å²) in [4.78, 5) is 0.0512. The van der Waals surface area contributed by atoms with Crippen LogP contribution < -0.4 is 4.72 Å². The standard InChI is InChI=1S/C14H13BrClNO3S/c1-9-2-3-11(15)7-14(9)17-21(19,20)12-4-5-13(16)10(6-12)8-18/h2-7,17-18H,8H2,1H3. The van der Waals surface area contributed by atoms with Crippen molar-refractivity contribution in [2.45, 2.75) is 18.4 Å². The van der Waals surface area contributed by atoms with Crippen LogP contribution in [0.2, 0.25) is 5.02 Å². The van der Waals surface area contributed by atoms with Crippen molar-refractivity contribution in [1.82, 2.24) is 0 Å². The molecular formula is C14H13BrClNO3S. The monoisotopic (exact) mass is 389 g/mol. The molecule has 2 N–H and O–H groups in total. The third-order valence-electron chi connectivity index (χ3n) is 2.94. The second-order valence-electron chi connectivity index (χ2n) is 4.48. The molecule has 0 unspecified atom stereocenters. The van der Waals surface area contributed by atoms with Crippen LogP contribution in [0.15, 0.2) is 45.8 Å². The summed E-state index contributed by atoms with van der Waals surface area (Å²) >= 11 is 9.18. The first-order chi connectivity index (χ1) is 9.83. The minimum absolute atomic E-state index is 0.0512. The van der Waals surface area contributed by atoms with Crippen molar-refractivity contribution in [3.8, 4) is 0 Å². The summed E-state index contributed by atoms with van der Waals surface area (Å²) < 4.78 is 28.1. The molecule has 0 amide bonds. The summed E-state index contributed by atoms with van der Waals surface area (Å²) in [6.45, 7) is 1.49. The molecule has 21 heavy (non-hydrogen) atoms. The van der Waals surface area contributed by atoms with Gasteiger partial charge in [-0.3, -0.25) is 4.72 Å². The summed E-state index contributed by atoms with van der Waals surface area (Å²) in [5.74, 6) is 0. The van der Waals surface area contributed by atoms with Gasteiger partial charge in [-0.15, -0.1) is 0 Å². The van der Waals surface area contributed by atoms with E-state index in [1.165, 1.54) is 18.2 Å². The Kier molecular flexibility index (Phi) is 4.93. The van der Waals surface area contributed by atoms with Gasteiger partial charge in [0.2, 0.25) is 0 Å². The third-order valence-corrected chi connectivity index (χ3v) is 5.17. The lowest BCUT2D eigenvalue weighted by Crippen LogP contribution is -2.14. The van der Waals surface area contributed by atoms with Crippen LogP contribution in [0.5, 0.6) is 0 Å². The van der Waals surface area contributed by atoms with E-state index in [9.17, 15) is 13.5 Å². The molecule has 0 heterocycles. The number of nitrogens with one attached hydrogen (secondary N) is 1. The van der Waals surface area contributed by atoms with E-state index in [1.807, 2.05) is 19.1 Å². The average molecular weight is 391 g/mol. The smallest absolute Gasteiger partial charge is 0.261 e. The van der Waals surface area contributed by atoms with Crippen molar-refractivity contribution in [2.75, 3.05) is 4.72 Å². The fourth-order valence-electron chi connectivity index (χ4n) is 1.75. The molecule has 0 aliphatic rings. The van der Waals surface area contributed by atoms with Crippen molar-refractivity contribution >= 4 is 43.2 Å². The lowest BCUT2D eigenvalue weighted by molar-refractivity contribution is 0.281. The van der Waals surface area contributed by atoms with Gasteiger partial charge in [0.15, 0.2) is 0 Å². The molecule has 4 nitrogen and oxygen atoms in total. The van der Waals surface area contributed by atoms with E-state index in [1.54, 1.807) is 6.07 Å². The number of rotatable bonds is 4. The predicted octanol–water partition coefficient (Wildman–Crippen LogP) is 3.70. The van der Waals surface area contributed by atoms with Crippen LogP contribution in [0.1, 0.15) is 11.1 Å². The number of benzene rings is 2. The molecule has 0 atom stereocenters. The minimum Gasteiger partial charge on any atom is -0.392 e. The lowest BCUT2D eigenvalue weighted by atomic mass is 10.2. The van der Waals surface area contributed by atoms with Gasteiger partial charge in [-0.2, -0.15) is 0 Å². The van der Waals surface area contributed by atoms with Crippen LogP contribution >= 0.6 is 27.5 Å². The number of hydrogen-bond acceptors (Lipinski definition) is 3. The average Bonchev–Trinajstić information content (AvgIpc) is 2.43. The Labute approximate surface area is 136 Å². The molecule has 0 aromatic heterocycles. The maximum atomic E-state index is 12.4. The summed E-state index contributed by atoms with van der Waals surface area (Å²) in [5, 5.41) is 9.50. The molecule has 2 aromatic rings. The van der Waals surface area contributed by atoms with Crippen LogP contribution in [-0.4, -0.2) is 13.5 Å². The Bertz CT molecular complexity index is 778. The van der Waals surface area contributed by atoms with Crippen LogP contribution in [-0.2, 0) is 16.6 Å². The summed E-state index contributed by atoms with van der Waals surface area (Å²) in [7, 11) is -3.74. The Hall–Kier alpha value is -1.08. The number of aliphatic hydroxyl groups excluding tert-OH is 1. The first-order valence-electron chi connectivity index (χ1n) is 6.02. The molecular weight excluding hydrogens is 378 g/mol. The van der Waals surface area contributed by atoms with E-state index < -0.39 is 10.0 Å². The van der Waals surface area contributed by atoms with Crippen LogP contribution in [0.4, 0.5) is 5.69 Å². The number of aliphatic hydroxyl groups is 1. The lowest BCUT2D eigenvalue weighted by Gasteiger charge is -2.12. The fraction of sp³-hybridized carbons (Fsp3) is 0.143. The first-order valence-corrected chi connectivity index (χ1v) is 8.67. The quantitative estimate of drug-likeness (QED) is 0.836. The number of aryl methyl sites for hydroxylation is 1. The maximum absolute atomic E-state index is 12.4. The van der Waals surface area contributed by atoms with Crippen LogP contribution in [0.3, 0.4) is 0 Å². The van der Waals surface area contributed by atoms with Gasteiger partial charge in [-0.05, 0) is 48.4 Å². The normalized spacial score (nSPS) is 11.4. The molecule has 0 bridgehead atoms. The topological polar surface area (TPSA) is 66.4 Å². The minimum atomic E-state index is -3.74. The summed E-state index contributed by atoms with van der Waals surface area (Å²) in [5.41, 5.74) is 1.66. The summed E-state index contributed by atoms with van der Waals surface area (Å²) in [6.07, 6.45) is 0. The highest BCUT2D eigenvalue weighted by Gasteiger charge is 2.17. The molecule has 7 heteroatoms. The molecule has 0 spiro atoms. The molecule has 0 fully saturated rings. The molecule has 0 radical (unpaired) electrons. The zero-order valence-electron chi connectivity index (χ0n) is 11.1. The molecule has 0 aliphatic carbocycles. The summed E-state index contributed by atoms with van der Waals surface area (Å²) in [6, 6.07) is 9.54. The van der Waals surface area contributed by atoms with E-state index in [4.69, 9.17) is 11.6 Å². The Morgan fingerprint density at radius 2 is 1.95 bits per heavy atom. The molecule has 2 aromatic carbocycles. The Morgan fingerprint density at radius 1 is 1.24 bits per heavy atom. The number of anilines is 1. The largest absolute Gasteiger partial charge is 0.392 e.